The van der Waals surface area contributed by atoms with E-state index in [-0.39, 0.29) is 11.9 Å². The number of rotatable bonds is 3. The smallest absolute Gasteiger partial charge is 0.120 e. The Morgan fingerprint density at radius 2 is 2.19 bits per heavy atom. The largest absolute Gasteiger partial charge is 0.508 e. The molecule has 5 nitrogen and oxygen atoms in total. The van der Waals surface area contributed by atoms with Crippen molar-refractivity contribution in [1.29, 1.82) is 0 Å². The Labute approximate surface area is 123 Å². The van der Waals surface area contributed by atoms with Gasteiger partial charge in [-0.25, -0.2) is 0 Å². The van der Waals surface area contributed by atoms with E-state index >= 15 is 0 Å². The Hall–Kier alpha value is -1.98. The number of aromatic hydroxyl groups is 1. The number of β-amino-alcohol motifs (C(OH)–C–C–N with tert-alkyl or cyclic N) is 1. The molecule has 1 aromatic heterocycles. The van der Waals surface area contributed by atoms with Gasteiger partial charge in [0.05, 0.1) is 18.0 Å². The van der Waals surface area contributed by atoms with Gasteiger partial charge in [-0.3, -0.25) is 14.9 Å². The fraction of sp³-hybridized carbons (Fsp3) is 0.375. The van der Waals surface area contributed by atoms with E-state index in [1.807, 2.05) is 12.1 Å². The lowest BCUT2D eigenvalue weighted by Gasteiger charge is -2.30. The standard InChI is InChI=1S/C16H19N3O2/c20-14-2-1-7-19(11-14)10-13-8-12(3-4-16(13)21)15-9-17-5-6-18-15/h3-6,8-9,14,20-21H,1-2,7,10-11H2. The van der Waals surface area contributed by atoms with Crippen LogP contribution in [0.3, 0.4) is 0 Å². The number of aromatic nitrogens is 2. The molecule has 0 amide bonds. The molecule has 2 heterocycles. The summed E-state index contributed by atoms with van der Waals surface area (Å²) in [6, 6.07) is 5.48. The van der Waals surface area contributed by atoms with Crippen molar-refractivity contribution in [2.75, 3.05) is 13.1 Å². The van der Waals surface area contributed by atoms with Crippen LogP contribution in [0.2, 0.25) is 0 Å². The Kier molecular flexibility index (Phi) is 4.13. The maximum Gasteiger partial charge on any atom is 0.120 e. The maximum absolute atomic E-state index is 10.1. The second-order valence-corrected chi connectivity index (χ2v) is 5.47. The number of likely N-dealkylation sites (tertiary alicyclic amines) is 1. The van der Waals surface area contributed by atoms with E-state index in [2.05, 4.69) is 14.9 Å². The first-order chi connectivity index (χ1) is 10.2. The summed E-state index contributed by atoms with van der Waals surface area (Å²) < 4.78 is 0. The summed E-state index contributed by atoms with van der Waals surface area (Å²) in [4.78, 5) is 10.5. The molecular weight excluding hydrogens is 266 g/mol. The van der Waals surface area contributed by atoms with Gasteiger partial charge in [-0.15, -0.1) is 0 Å². The van der Waals surface area contributed by atoms with E-state index in [1.165, 1.54) is 0 Å². The summed E-state index contributed by atoms with van der Waals surface area (Å²) >= 11 is 0. The van der Waals surface area contributed by atoms with Crippen LogP contribution in [0.25, 0.3) is 11.3 Å². The topological polar surface area (TPSA) is 69.5 Å². The molecular formula is C16H19N3O2. The number of aliphatic hydroxyl groups is 1. The maximum atomic E-state index is 10.1. The van der Waals surface area contributed by atoms with Gasteiger partial charge in [-0.2, -0.15) is 0 Å². The van der Waals surface area contributed by atoms with Gasteiger partial charge >= 0.3 is 0 Å². The van der Waals surface area contributed by atoms with Gasteiger partial charge < -0.3 is 10.2 Å². The molecule has 0 spiro atoms. The van der Waals surface area contributed by atoms with Crippen molar-refractivity contribution < 1.29 is 10.2 Å². The second-order valence-electron chi connectivity index (χ2n) is 5.47. The molecule has 5 heteroatoms. The zero-order valence-corrected chi connectivity index (χ0v) is 11.8. The molecule has 1 aliphatic rings. The van der Waals surface area contributed by atoms with Crippen LogP contribution in [-0.2, 0) is 6.54 Å². The minimum absolute atomic E-state index is 0.260. The molecule has 0 saturated carbocycles. The summed E-state index contributed by atoms with van der Waals surface area (Å²) in [7, 11) is 0. The lowest BCUT2D eigenvalue weighted by Crippen LogP contribution is -2.37. The van der Waals surface area contributed by atoms with Crippen LogP contribution < -0.4 is 0 Å². The van der Waals surface area contributed by atoms with Gasteiger partial charge in [0.1, 0.15) is 5.75 Å². The number of aliphatic hydroxyl groups excluding tert-OH is 1. The summed E-state index contributed by atoms with van der Waals surface area (Å²) in [5.74, 6) is 0.280. The molecule has 3 rings (SSSR count). The number of piperidine rings is 1. The highest BCUT2D eigenvalue weighted by atomic mass is 16.3. The van der Waals surface area contributed by atoms with Gasteiger partial charge in [0.15, 0.2) is 0 Å². The van der Waals surface area contributed by atoms with Crippen molar-refractivity contribution in [3.8, 4) is 17.0 Å². The fourth-order valence-electron chi connectivity index (χ4n) is 2.74. The molecule has 1 unspecified atom stereocenters. The fourth-order valence-corrected chi connectivity index (χ4v) is 2.74. The molecule has 2 N–H and O–H groups in total. The number of phenolic OH excluding ortho intramolecular Hbond substituents is 1. The molecule has 1 aliphatic heterocycles. The lowest BCUT2D eigenvalue weighted by atomic mass is 10.0. The number of nitrogens with zero attached hydrogens (tertiary/aromatic N) is 3. The third-order valence-corrected chi connectivity index (χ3v) is 3.81. The average Bonchev–Trinajstić information content (AvgIpc) is 2.50. The quantitative estimate of drug-likeness (QED) is 0.900. The normalized spacial score (nSPS) is 19.6. The van der Waals surface area contributed by atoms with Crippen LogP contribution in [0.15, 0.2) is 36.8 Å². The number of hydrogen-bond donors (Lipinski definition) is 2. The third-order valence-electron chi connectivity index (χ3n) is 3.81. The third kappa shape index (κ3) is 3.37. The van der Waals surface area contributed by atoms with Crippen molar-refractivity contribution >= 4 is 0 Å². The summed E-state index contributed by atoms with van der Waals surface area (Å²) in [6.45, 7) is 2.25. The minimum atomic E-state index is -0.260. The predicted molar refractivity (Wildman–Crippen MR) is 79.7 cm³/mol. The molecule has 110 valence electrons. The van der Waals surface area contributed by atoms with Crippen molar-refractivity contribution in [1.82, 2.24) is 14.9 Å². The average molecular weight is 285 g/mol. The molecule has 1 saturated heterocycles. The molecule has 2 aromatic rings. The van der Waals surface area contributed by atoms with Crippen molar-refractivity contribution in [3.63, 3.8) is 0 Å². The first kappa shape index (κ1) is 14.0. The second kappa shape index (κ2) is 6.20. The molecule has 21 heavy (non-hydrogen) atoms. The summed E-state index contributed by atoms with van der Waals surface area (Å²) in [5.41, 5.74) is 2.58. The van der Waals surface area contributed by atoms with E-state index in [0.29, 0.717) is 13.1 Å². The zero-order chi connectivity index (χ0) is 14.7. The molecule has 0 bridgehead atoms. The van der Waals surface area contributed by atoms with Crippen LogP contribution >= 0.6 is 0 Å². The van der Waals surface area contributed by atoms with Gasteiger partial charge in [0, 0.05) is 36.6 Å². The summed E-state index contributed by atoms with van der Waals surface area (Å²) in [6.07, 6.45) is 6.60. The van der Waals surface area contributed by atoms with E-state index in [9.17, 15) is 10.2 Å². The van der Waals surface area contributed by atoms with Crippen LogP contribution in [0, 0.1) is 0 Å². The highest BCUT2D eigenvalue weighted by Crippen LogP contribution is 2.26. The molecule has 0 aliphatic carbocycles. The van der Waals surface area contributed by atoms with Crippen LogP contribution in [-0.4, -0.2) is 44.3 Å². The monoisotopic (exact) mass is 285 g/mol. The van der Waals surface area contributed by atoms with Gasteiger partial charge in [-0.1, -0.05) is 0 Å². The van der Waals surface area contributed by atoms with Crippen molar-refractivity contribution in [2.45, 2.75) is 25.5 Å². The molecule has 1 aromatic carbocycles. The zero-order valence-electron chi connectivity index (χ0n) is 11.8. The molecule has 1 atom stereocenters. The van der Waals surface area contributed by atoms with Crippen LogP contribution in [0.1, 0.15) is 18.4 Å². The van der Waals surface area contributed by atoms with E-state index in [4.69, 9.17) is 0 Å². The predicted octanol–water partition coefficient (Wildman–Crippen LogP) is 1.81. The minimum Gasteiger partial charge on any atom is -0.508 e. The Bertz CT molecular complexity index is 604. The van der Waals surface area contributed by atoms with E-state index < -0.39 is 0 Å². The van der Waals surface area contributed by atoms with E-state index in [0.717, 1.165) is 36.2 Å². The van der Waals surface area contributed by atoms with E-state index in [1.54, 1.807) is 24.7 Å². The molecule has 1 fully saturated rings. The van der Waals surface area contributed by atoms with Crippen LogP contribution in [0.5, 0.6) is 5.75 Å². The first-order valence-electron chi connectivity index (χ1n) is 7.21. The first-order valence-corrected chi connectivity index (χ1v) is 7.21. The Balaban J connectivity index is 1.81. The lowest BCUT2D eigenvalue weighted by molar-refractivity contribution is 0.0664. The number of phenols is 1. The van der Waals surface area contributed by atoms with Crippen molar-refractivity contribution in [2.24, 2.45) is 0 Å². The Morgan fingerprint density at radius 1 is 1.29 bits per heavy atom. The van der Waals surface area contributed by atoms with Gasteiger partial charge in [0.25, 0.3) is 0 Å². The summed E-state index contributed by atoms with van der Waals surface area (Å²) in [5, 5.41) is 19.8. The van der Waals surface area contributed by atoms with Gasteiger partial charge in [0.2, 0.25) is 0 Å². The van der Waals surface area contributed by atoms with Crippen LogP contribution in [0.4, 0.5) is 0 Å². The highest BCUT2D eigenvalue weighted by molar-refractivity contribution is 5.60. The van der Waals surface area contributed by atoms with Gasteiger partial charge in [-0.05, 0) is 37.6 Å². The van der Waals surface area contributed by atoms with Crippen molar-refractivity contribution in [3.05, 3.63) is 42.4 Å². The SMILES string of the molecule is Oc1ccc(-c2cnccn2)cc1CN1CCCC(O)C1. The Morgan fingerprint density at radius 3 is 2.95 bits per heavy atom. The number of benzene rings is 1. The number of hydrogen-bond acceptors (Lipinski definition) is 5. The molecule has 0 radical (unpaired) electrons. The highest BCUT2D eigenvalue weighted by Gasteiger charge is 2.19.